The van der Waals surface area contributed by atoms with Crippen LogP contribution in [0.25, 0.3) is 0 Å². The summed E-state index contributed by atoms with van der Waals surface area (Å²) in [5.41, 5.74) is 6.38. The molecule has 0 amide bonds. The number of aromatic nitrogens is 1. The normalized spacial score (nSPS) is 11.2. The molecule has 3 N–H and O–H groups in total. The molecule has 0 fully saturated rings. The van der Waals surface area contributed by atoms with Gasteiger partial charge in [-0.25, -0.2) is 12.8 Å². The summed E-state index contributed by atoms with van der Waals surface area (Å²) in [5, 5.41) is 0. The smallest absolute Gasteiger partial charge is 0.263 e. The topological polar surface area (TPSA) is 94.3 Å². The van der Waals surface area contributed by atoms with Crippen molar-refractivity contribution in [2.75, 3.05) is 11.8 Å². The van der Waals surface area contributed by atoms with Crippen LogP contribution in [0, 0.1) is 5.82 Å². The van der Waals surface area contributed by atoms with Gasteiger partial charge in [-0.05, 0) is 17.7 Å². The lowest BCUT2D eigenvalue weighted by Crippen LogP contribution is -2.16. The summed E-state index contributed by atoms with van der Waals surface area (Å²) >= 11 is 0. The molecule has 1 heterocycles. The average Bonchev–Trinajstić information content (AvgIpc) is 2.47. The van der Waals surface area contributed by atoms with Gasteiger partial charge in [-0.3, -0.25) is 9.71 Å². The Morgan fingerprint density at radius 1 is 1.38 bits per heavy atom. The molecule has 0 aliphatic rings. The number of nitrogens with zero attached hydrogens (tertiary/aromatic N) is 1. The van der Waals surface area contributed by atoms with Crippen molar-refractivity contribution in [3.8, 4) is 5.75 Å². The van der Waals surface area contributed by atoms with E-state index < -0.39 is 15.8 Å². The Bertz CT molecular complexity index is 728. The van der Waals surface area contributed by atoms with Gasteiger partial charge < -0.3 is 10.5 Å². The molecule has 21 heavy (non-hydrogen) atoms. The summed E-state index contributed by atoms with van der Waals surface area (Å²) in [6, 6.07) is 5.85. The van der Waals surface area contributed by atoms with Gasteiger partial charge in [-0.2, -0.15) is 0 Å². The molecule has 0 bridgehead atoms. The zero-order valence-corrected chi connectivity index (χ0v) is 12.0. The van der Waals surface area contributed by atoms with Crippen LogP contribution in [0.5, 0.6) is 5.75 Å². The van der Waals surface area contributed by atoms with E-state index in [2.05, 4.69) is 9.71 Å². The van der Waals surface area contributed by atoms with E-state index in [-0.39, 0.29) is 17.1 Å². The fraction of sp³-hybridized carbons (Fsp3) is 0.154. The first-order valence-electron chi connectivity index (χ1n) is 5.97. The number of ether oxygens (including phenoxy) is 1. The summed E-state index contributed by atoms with van der Waals surface area (Å²) in [6.45, 7) is 0.121. The summed E-state index contributed by atoms with van der Waals surface area (Å²) in [4.78, 5) is 3.25. The maximum Gasteiger partial charge on any atom is 0.263 e. The first kappa shape index (κ1) is 15.2. The molecule has 0 radical (unpaired) electrons. The lowest BCUT2D eigenvalue weighted by atomic mass is 10.1. The maximum absolute atomic E-state index is 13.1. The van der Waals surface area contributed by atoms with Crippen LogP contribution < -0.4 is 15.2 Å². The molecule has 2 aromatic rings. The first-order chi connectivity index (χ1) is 9.97. The monoisotopic (exact) mass is 311 g/mol. The van der Waals surface area contributed by atoms with Crippen LogP contribution in [-0.2, 0) is 16.6 Å². The summed E-state index contributed by atoms with van der Waals surface area (Å²) < 4.78 is 45.2. The highest BCUT2D eigenvalue weighted by molar-refractivity contribution is 7.92. The number of benzene rings is 1. The minimum absolute atomic E-state index is 0.121. The number of anilines is 1. The maximum atomic E-state index is 13.1. The van der Waals surface area contributed by atoms with E-state index in [1.807, 2.05) is 0 Å². The Labute approximate surface area is 121 Å². The third-order valence-electron chi connectivity index (χ3n) is 2.78. The minimum Gasteiger partial charge on any atom is -0.495 e. The van der Waals surface area contributed by atoms with E-state index in [0.717, 1.165) is 18.5 Å². The van der Waals surface area contributed by atoms with Crippen LogP contribution >= 0.6 is 0 Å². The van der Waals surface area contributed by atoms with Gasteiger partial charge in [0.1, 0.15) is 16.5 Å². The molecule has 0 saturated heterocycles. The number of sulfonamides is 1. The van der Waals surface area contributed by atoms with Crippen molar-refractivity contribution < 1.29 is 17.5 Å². The van der Waals surface area contributed by atoms with Gasteiger partial charge in [-0.15, -0.1) is 0 Å². The SMILES string of the molecule is COc1cccc(CN)c1NS(=O)(=O)c1cncc(F)c1. The number of hydrogen-bond acceptors (Lipinski definition) is 5. The number of nitrogens with one attached hydrogen (secondary N) is 1. The number of pyridine rings is 1. The molecule has 1 aromatic heterocycles. The molecule has 1 aromatic carbocycles. The summed E-state index contributed by atoms with van der Waals surface area (Å²) in [5.74, 6) is -0.414. The molecule has 0 aliphatic carbocycles. The second-order valence-electron chi connectivity index (χ2n) is 4.14. The number of methoxy groups -OCH3 is 1. The van der Waals surface area contributed by atoms with Crippen molar-refractivity contribution in [2.45, 2.75) is 11.4 Å². The van der Waals surface area contributed by atoms with Gasteiger partial charge in [0.2, 0.25) is 0 Å². The van der Waals surface area contributed by atoms with Crippen molar-refractivity contribution in [3.05, 3.63) is 48.0 Å². The molecule has 2 rings (SSSR count). The Morgan fingerprint density at radius 3 is 2.76 bits per heavy atom. The number of nitrogens with two attached hydrogens (primary N) is 1. The van der Waals surface area contributed by atoms with Crippen LogP contribution in [0.15, 0.2) is 41.6 Å². The minimum atomic E-state index is -3.99. The standard InChI is InChI=1S/C13H14FN3O3S/c1-20-12-4-2-3-9(6-15)13(12)17-21(18,19)11-5-10(14)7-16-8-11/h2-5,7-8,17H,6,15H2,1H3. The lowest BCUT2D eigenvalue weighted by Gasteiger charge is -2.15. The molecular weight excluding hydrogens is 297 g/mol. The molecule has 6 nitrogen and oxygen atoms in total. The third kappa shape index (κ3) is 3.29. The van der Waals surface area contributed by atoms with Crippen molar-refractivity contribution in [1.82, 2.24) is 4.98 Å². The van der Waals surface area contributed by atoms with Crippen molar-refractivity contribution in [1.29, 1.82) is 0 Å². The van der Waals surface area contributed by atoms with Crippen LogP contribution in [-0.4, -0.2) is 20.5 Å². The van der Waals surface area contributed by atoms with E-state index in [1.165, 1.54) is 7.11 Å². The zero-order valence-electron chi connectivity index (χ0n) is 11.2. The molecule has 0 aliphatic heterocycles. The van der Waals surface area contributed by atoms with E-state index in [0.29, 0.717) is 11.3 Å². The van der Waals surface area contributed by atoms with Crippen LogP contribution in [0.3, 0.4) is 0 Å². The van der Waals surface area contributed by atoms with Crippen LogP contribution in [0.4, 0.5) is 10.1 Å². The summed E-state index contributed by atoms with van der Waals surface area (Å²) in [7, 11) is -2.58. The van der Waals surface area contributed by atoms with Gasteiger partial charge in [0.15, 0.2) is 0 Å². The molecule has 112 valence electrons. The number of rotatable bonds is 5. The zero-order chi connectivity index (χ0) is 15.5. The fourth-order valence-corrected chi connectivity index (χ4v) is 2.85. The first-order valence-corrected chi connectivity index (χ1v) is 7.45. The largest absolute Gasteiger partial charge is 0.495 e. The Hall–Kier alpha value is -2.19. The Morgan fingerprint density at radius 2 is 2.14 bits per heavy atom. The quantitative estimate of drug-likeness (QED) is 0.872. The second kappa shape index (κ2) is 6.06. The molecule has 0 unspecified atom stereocenters. The van der Waals surface area contributed by atoms with Crippen LogP contribution in [0.1, 0.15) is 5.56 Å². The highest BCUT2D eigenvalue weighted by Gasteiger charge is 2.19. The lowest BCUT2D eigenvalue weighted by molar-refractivity contribution is 0.416. The average molecular weight is 311 g/mol. The predicted molar refractivity (Wildman–Crippen MR) is 75.9 cm³/mol. The van der Waals surface area contributed by atoms with Crippen molar-refractivity contribution >= 4 is 15.7 Å². The Balaban J connectivity index is 2.46. The summed E-state index contributed by atoms with van der Waals surface area (Å²) in [6.07, 6.45) is 1.98. The van der Waals surface area contributed by atoms with E-state index in [1.54, 1.807) is 18.2 Å². The molecule has 0 saturated carbocycles. The van der Waals surface area contributed by atoms with E-state index >= 15 is 0 Å². The predicted octanol–water partition coefficient (Wildman–Crippen LogP) is 1.49. The second-order valence-corrected chi connectivity index (χ2v) is 5.83. The Kier molecular flexibility index (Phi) is 4.39. The van der Waals surface area contributed by atoms with Gasteiger partial charge in [-0.1, -0.05) is 12.1 Å². The van der Waals surface area contributed by atoms with E-state index in [9.17, 15) is 12.8 Å². The highest BCUT2D eigenvalue weighted by atomic mass is 32.2. The molecular formula is C13H14FN3O3S. The number of halogens is 1. The molecule has 0 spiro atoms. The van der Waals surface area contributed by atoms with Crippen molar-refractivity contribution in [3.63, 3.8) is 0 Å². The fourth-order valence-electron chi connectivity index (χ4n) is 1.77. The van der Waals surface area contributed by atoms with Gasteiger partial charge >= 0.3 is 0 Å². The van der Waals surface area contributed by atoms with Gasteiger partial charge in [0, 0.05) is 12.7 Å². The van der Waals surface area contributed by atoms with Crippen molar-refractivity contribution in [2.24, 2.45) is 5.73 Å². The highest BCUT2D eigenvalue weighted by Crippen LogP contribution is 2.30. The molecule has 0 atom stereocenters. The number of hydrogen-bond donors (Lipinski definition) is 2. The van der Waals surface area contributed by atoms with E-state index in [4.69, 9.17) is 10.5 Å². The van der Waals surface area contributed by atoms with Crippen LogP contribution in [0.2, 0.25) is 0 Å². The number of para-hydroxylation sites is 1. The van der Waals surface area contributed by atoms with Gasteiger partial charge in [0.05, 0.1) is 19.0 Å². The van der Waals surface area contributed by atoms with Gasteiger partial charge in [0.25, 0.3) is 10.0 Å². The third-order valence-corrected chi connectivity index (χ3v) is 4.10. The molecule has 8 heteroatoms.